The van der Waals surface area contributed by atoms with Crippen LogP contribution >= 0.6 is 0 Å². The highest BCUT2D eigenvalue weighted by molar-refractivity contribution is 6.02. The number of aromatic amines is 1. The molecule has 22 heavy (non-hydrogen) atoms. The molecule has 0 aliphatic carbocycles. The number of nitrogens with one attached hydrogen (secondary N) is 1. The van der Waals surface area contributed by atoms with E-state index in [1.165, 1.54) is 18.0 Å². The molecule has 7 nitrogen and oxygen atoms in total. The first kappa shape index (κ1) is 14.0. The molecule has 2 aromatic heterocycles. The van der Waals surface area contributed by atoms with Gasteiger partial charge >= 0.3 is 0 Å². The summed E-state index contributed by atoms with van der Waals surface area (Å²) in [6.07, 6.45) is 4.59. The largest absolute Gasteiger partial charge is 0.493 e. The van der Waals surface area contributed by atoms with Crippen LogP contribution in [-0.4, -0.2) is 41.8 Å². The predicted molar refractivity (Wildman–Crippen MR) is 79.9 cm³/mol. The summed E-state index contributed by atoms with van der Waals surface area (Å²) in [5.41, 5.74) is 1.14. The molecule has 7 heteroatoms. The van der Waals surface area contributed by atoms with Crippen molar-refractivity contribution in [3.63, 3.8) is 0 Å². The first-order valence-corrected chi connectivity index (χ1v) is 6.54. The second-order valence-electron chi connectivity index (χ2n) is 4.56. The van der Waals surface area contributed by atoms with Crippen LogP contribution < -0.4 is 14.2 Å². The van der Waals surface area contributed by atoms with Crippen molar-refractivity contribution in [3.8, 4) is 17.2 Å². The van der Waals surface area contributed by atoms with Crippen LogP contribution in [-0.2, 0) is 0 Å². The Balaban J connectivity index is 2.19. The van der Waals surface area contributed by atoms with Gasteiger partial charge in [0, 0.05) is 23.8 Å². The van der Waals surface area contributed by atoms with Gasteiger partial charge in [0.25, 0.3) is 5.91 Å². The topological polar surface area (TPSA) is 78.4 Å². The average molecular weight is 301 g/mol. The van der Waals surface area contributed by atoms with Crippen LogP contribution in [0.15, 0.2) is 30.9 Å². The lowest BCUT2D eigenvalue weighted by Gasteiger charge is -2.12. The summed E-state index contributed by atoms with van der Waals surface area (Å²) in [6, 6.07) is 3.49. The summed E-state index contributed by atoms with van der Waals surface area (Å²) in [4.78, 5) is 19.3. The van der Waals surface area contributed by atoms with Gasteiger partial charge in [-0.1, -0.05) is 0 Å². The first-order chi connectivity index (χ1) is 10.7. The van der Waals surface area contributed by atoms with Crippen LogP contribution in [0.1, 0.15) is 10.5 Å². The molecule has 0 radical (unpaired) electrons. The van der Waals surface area contributed by atoms with E-state index in [1.807, 2.05) is 0 Å². The summed E-state index contributed by atoms with van der Waals surface area (Å²) in [6.45, 7) is 0. The molecule has 0 aliphatic rings. The molecule has 0 aliphatic heterocycles. The number of aromatic nitrogens is 3. The van der Waals surface area contributed by atoms with Crippen molar-refractivity contribution in [1.29, 1.82) is 0 Å². The quantitative estimate of drug-likeness (QED) is 0.798. The zero-order valence-electron chi connectivity index (χ0n) is 12.4. The molecule has 0 unspecified atom stereocenters. The van der Waals surface area contributed by atoms with Crippen molar-refractivity contribution in [2.75, 3.05) is 21.3 Å². The van der Waals surface area contributed by atoms with E-state index in [9.17, 15) is 4.79 Å². The fourth-order valence-corrected chi connectivity index (χ4v) is 2.38. The van der Waals surface area contributed by atoms with Gasteiger partial charge in [0.15, 0.2) is 11.5 Å². The average Bonchev–Trinajstić information content (AvgIpc) is 3.21. The summed E-state index contributed by atoms with van der Waals surface area (Å²) in [5, 5.41) is 0.739. The molecule has 0 saturated heterocycles. The first-order valence-electron chi connectivity index (χ1n) is 6.54. The van der Waals surface area contributed by atoms with Crippen LogP contribution in [0.25, 0.3) is 10.9 Å². The Morgan fingerprint density at radius 3 is 2.50 bits per heavy atom. The van der Waals surface area contributed by atoms with Gasteiger partial charge in [-0.15, -0.1) is 0 Å². The molecule has 1 aromatic carbocycles. The third-order valence-electron chi connectivity index (χ3n) is 3.40. The van der Waals surface area contributed by atoms with Gasteiger partial charge in [0.05, 0.1) is 26.8 Å². The molecule has 0 fully saturated rings. The second-order valence-corrected chi connectivity index (χ2v) is 4.56. The Morgan fingerprint density at radius 1 is 1.14 bits per heavy atom. The number of rotatable bonds is 4. The van der Waals surface area contributed by atoms with Gasteiger partial charge in [0.2, 0.25) is 5.75 Å². The number of carbonyl (C=O) groups excluding carboxylic acids is 1. The van der Waals surface area contributed by atoms with Gasteiger partial charge < -0.3 is 19.2 Å². The Labute approximate surface area is 126 Å². The smallest absolute Gasteiger partial charge is 0.279 e. The number of fused-ring (bicyclic) bond motifs is 1. The van der Waals surface area contributed by atoms with Crippen molar-refractivity contribution < 1.29 is 19.0 Å². The van der Waals surface area contributed by atoms with Crippen LogP contribution in [0.4, 0.5) is 0 Å². The Kier molecular flexibility index (Phi) is 3.46. The number of H-pyrrole nitrogens is 1. The fourth-order valence-electron chi connectivity index (χ4n) is 2.38. The standard InChI is InChI=1S/C15H15N3O4/c1-20-12-7-10-9(13(21-2)14(12)22-3)6-11(17-10)15(19)18-5-4-16-8-18/h4-8,17H,1-3H3. The Morgan fingerprint density at radius 2 is 1.91 bits per heavy atom. The van der Waals surface area contributed by atoms with Crippen LogP contribution in [0, 0.1) is 0 Å². The number of ether oxygens (including phenoxy) is 3. The summed E-state index contributed by atoms with van der Waals surface area (Å²) in [5.74, 6) is 1.31. The lowest BCUT2D eigenvalue weighted by molar-refractivity contribution is 0.0955. The van der Waals surface area contributed by atoms with Crippen LogP contribution in [0.5, 0.6) is 17.2 Å². The van der Waals surface area contributed by atoms with Crippen molar-refractivity contribution in [3.05, 3.63) is 36.5 Å². The maximum absolute atomic E-state index is 12.4. The third kappa shape index (κ3) is 2.07. The molecule has 0 atom stereocenters. The summed E-state index contributed by atoms with van der Waals surface area (Å²) < 4.78 is 17.5. The van der Waals surface area contributed by atoms with Gasteiger partial charge in [-0.05, 0) is 6.07 Å². The predicted octanol–water partition coefficient (Wildman–Crippen LogP) is 2.08. The van der Waals surface area contributed by atoms with Crippen molar-refractivity contribution in [1.82, 2.24) is 14.5 Å². The molecular weight excluding hydrogens is 286 g/mol. The highest BCUT2D eigenvalue weighted by atomic mass is 16.5. The molecule has 0 amide bonds. The molecule has 3 rings (SSSR count). The van der Waals surface area contributed by atoms with E-state index in [4.69, 9.17) is 14.2 Å². The maximum atomic E-state index is 12.4. The van der Waals surface area contributed by atoms with Crippen molar-refractivity contribution in [2.45, 2.75) is 0 Å². The van der Waals surface area contributed by atoms with Gasteiger partial charge in [-0.2, -0.15) is 0 Å². The molecule has 0 saturated carbocycles. The Bertz CT molecular complexity index is 821. The van der Waals surface area contributed by atoms with Crippen molar-refractivity contribution >= 4 is 16.8 Å². The van der Waals surface area contributed by atoms with Gasteiger partial charge in [0.1, 0.15) is 12.0 Å². The zero-order chi connectivity index (χ0) is 15.7. The number of hydrogen-bond donors (Lipinski definition) is 1. The molecule has 3 aromatic rings. The van der Waals surface area contributed by atoms with Crippen LogP contribution in [0.2, 0.25) is 0 Å². The number of methoxy groups -OCH3 is 3. The number of hydrogen-bond acceptors (Lipinski definition) is 5. The molecule has 0 spiro atoms. The molecule has 0 bridgehead atoms. The maximum Gasteiger partial charge on any atom is 0.279 e. The number of imidazole rings is 1. The summed E-state index contributed by atoms with van der Waals surface area (Å²) in [7, 11) is 4.63. The minimum absolute atomic E-state index is 0.214. The molecule has 114 valence electrons. The second kappa shape index (κ2) is 5.44. The van der Waals surface area contributed by atoms with Gasteiger partial charge in [-0.3, -0.25) is 9.36 Å². The lowest BCUT2D eigenvalue weighted by Crippen LogP contribution is -2.09. The minimum atomic E-state index is -0.214. The van der Waals surface area contributed by atoms with E-state index in [-0.39, 0.29) is 5.91 Å². The van der Waals surface area contributed by atoms with E-state index in [0.717, 1.165) is 10.9 Å². The van der Waals surface area contributed by atoms with Crippen LogP contribution in [0.3, 0.4) is 0 Å². The number of carbonyl (C=O) groups is 1. The minimum Gasteiger partial charge on any atom is -0.493 e. The van der Waals surface area contributed by atoms with E-state index < -0.39 is 0 Å². The normalized spacial score (nSPS) is 10.7. The Hall–Kier alpha value is -2.96. The number of nitrogens with zero attached hydrogens (tertiary/aromatic N) is 2. The highest BCUT2D eigenvalue weighted by Crippen LogP contribution is 2.43. The van der Waals surface area contributed by atoms with E-state index in [0.29, 0.717) is 22.9 Å². The number of benzene rings is 1. The third-order valence-corrected chi connectivity index (χ3v) is 3.40. The zero-order valence-corrected chi connectivity index (χ0v) is 12.4. The van der Waals surface area contributed by atoms with E-state index in [1.54, 1.807) is 38.7 Å². The monoisotopic (exact) mass is 301 g/mol. The van der Waals surface area contributed by atoms with Gasteiger partial charge in [-0.25, -0.2) is 4.98 Å². The van der Waals surface area contributed by atoms with E-state index >= 15 is 0 Å². The lowest BCUT2D eigenvalue weighted by atomic mass is 10.2. The fraction of sp³-hybridized carbons (Fsp3) is 0.200. The molecule has 1 N–H and O–H groups in total. The summed E-state index contributed by atoms with van der Waals surface area (Å²) >= 11 is 0. The molecule has 2 heterocycles. The SMILES string of the molecule is COc1cc2[nH]c(C(=O)n3ccnc3)cc2c(OC)c1OC. The molecular formula is C15H15N3O4. The highest BCUT2D eigenvalue weighted by Gasteiger charge is 2.20. The van der Waals surface area contributed by atoms with E-state index in [2.05, 4.69) is 9.97 Å². The van der Waals surface area contributed by atoms with Crippen molar-refractivity contribution in [2.24, 2.45) is 0 Å².